The molecule has 1 saturated carbocycles. The van der Waals surface area contributed by atoms with E-state index in [1.54, 1.807) is 37.3 Å². The molecular formula is C23H35N3O4. The molecule has 0 bridgehead atoms. The average Bonchev–Trinajstić information content (AvgIpc) is 3.52. The van der Waals surface area contributed by atoms with Gasteiger partial charge in [0.1, 0.15) is 12.4 Å². The third kappa shape index (κ3) is 5.73. The summed E-state index contributed by atoms with van der Waals surface area (Å²) in [5, 5.41) is 2.75. The van der Waals surface area contributed by atoms with Crippen LogP contribution in [0.1, 0.15) is 44.0 Å². The topological polar surface area (TPSA) is 71.1 Å². The summed E-state index contributed by atoms with van der Waals surface area (Å²) in [7, 11) is 3.50. The molecule has 0 unspecified atom stereocenters. The number of hydrogen-bond donors (Lipinski definition) is 1. The van der Waals surface area contributed by atoms with Crippen LogP contribution < -0.4 is 10.1 Å². The van der Waals surface area contributed by atoms with Crippen LogP contribution in [0.25, 0.3) is 0 Å². The Morgan fingerprint density at radius 3 is 2.63 bits per heavy atom. The Bertz CT molecular complexity index is 765. The molecule has 2 aliphatic rings. The Hall–Kier alpha value is -2.12. The molecule has 1 aliphatic heterocycles. The highest BCUT2D eigenvalue weighted by Crippen LogP contribution is 2.31. The molecule has 1 heterocycles. The molecule has 7 heteroatoms. The molecule has 2 amide bonds. The highest BCUT2D eigenvalue weighted by Gasteiger charge is 2.31. The van der Waals surface area contributed by atoms with Crippen LogP contribution in [0.2, 0.25) is 0 Å². The lowest BCUT2D eigenvalue weighted by molar-refractivity contribution is -0.114. The molecule has 1 N–H and O–H groups in total. The number of amides is 2. The number of rotatable bonds is 4. The van der Waals surface area contributed by atoms with E-state index in [2.05, 4.69) is 24.1 Å². The van der Waals surface area contributed by atoms with Gasteiger partial charge in [0.05, 0.1) is 11.7 Å². The van der Waals surface area contributed by atoms with Crippen molar-refractivity contribution in [1.82, 2.24) is 9.80 Å². The van der Waals surface area contributed by atoms with E-state index in [9.17, 15) is 9.59 Å². The van der Waals surface area contributed by atoms with E-state index in [0.717, 1.165) is 19.0 Å². The Kier molecular flexibility index (Phi) is 7.36. The first-order chi connectivity index (χ1) is 14.3. The highest BCUT2D eigenvalue weighted by molar-refractivity contribution is 5.99. The first-order valence-corrected chi connectivity index (χ1v) is 10.8. The zero-order valence-electron chi connectivity index (χ0n) is 18.8. The molecule has 30 heavy (non-hydrogen) atoms. The Balaban J connectivity index is 1.91. The zero-order valence-corrected chi connectivity index (χ0v) is 18.8. The van der Waals surface area contributed by atoms with Gasteiger partial charge in [0, 0.05) is 52.4 Å². The molecule has 0 spiro atoms. The minimum Gasteiger partial charge on any atom is -0.491 e. The number of benzene rings is 1. The largest absolute Gasteiger partial charge is 0.491 e. The molecule has 1 aliphatic carbocycles. The summed E-state index contributed by atoms with van der Waals surface area (Å²) in [5.74, 6) is 1.28. The smallest absolute Gasteiger partial charge is 0.257 e. The molecule has 0 aromatic heterocycles. The van der Waals surface area contributed by atoms with E-state index in [-0.39, 0.29) is 29.9 Å². The van der Waals surface area contributed by atoms with E-state index < -0.39 is 0 Å². The van der Waals surface area contributed by atoms with Gasteiger partial charge in [0.25, 0.3) is 5.91 Å². The molecule has 7 nitrogen and oxygen atoms in total. The van der Waals surface area contributed by atoms with Gasteiger partial charge in [-0.25, -0.2) is 0 Å². The van der Waals surface area contributed by atoms with Gasteiger partial charge >= 0.3 is 0 Å². The molecule has 1 aromatic carbocycles. The summed E-state index contributed by atoms with van der Waals surface area (Å²) in [6.45, 7) is 8.80. The van der Waals surface area contributed by atoms with Crippen molar-refractivity contribution in [3.05, 3.63) is 23.8 Å². The molecular weight excluding hydrogens is 382 g/mol. The average molecular weight is 418 g/mol. The van der Waals surface area contributed by atoms with Crippen LogP contribution in [0.5, 0.6) is 5.75 Å². The minimum absolute atomic E-state index is 0.0600. The minimum atomic E-state index is -0.178. The van der Waals surface area contributed by atoms with Crippen molar-refractivity contribution in [2.75, 3.05) is 45.7 Å². The summed E-state index contributed by atoms with van der Waals surface area (Å²) in [6.07, 6.45) is 2.55. The van der Waals surface area contributed by atoms with Crippen LogP contribution in [-0.2, 0) is 9.53 Å². The molecule has 1 aromatic rings. The predicted octanol–water partition coefficient (Wildman–Crippen LogP) is 2.86. The summed E-state index contributed by atoms with van der Waals surface area (Å²) >= 11 is 0. The first kappa shape index (κ1) is 22.6. The van der Waals surface area contributed by atoms with Crippen LogP contribution in [-0.4, -0.2) is 74.2 Å². The number of fused-ring (bicyclic) bond motifs is 1. The van der Waals surface area contributed by atoms with Crippen LogP contribution in [0.4, 0.5) is 5.69 Å². The van der Waals surface area contributed by atoms with Crippen molar-refractivity contribution < 1.29 is 19.1 Å². The number of nitrogens with zero attached hydrogens (tertiary/aromatic N) is 2. The molecule has 166 valence electrons. The van der Waals surface area contributed by atoms with Gasteiger partial charge in [-0.15, -0.1) is 0 Å². The van der Waals surface area contributed by atoms with Gasteiger partial charge in [-0.05, 0) is 49.8 Å². The van der Waals surface area contributed by atoms with E-state index in [0.29, 0.717) is 30.2 Å². The predicted molar refractivity (Wildman–Crippen MR) is 117 cm³/mol. The van der Waals surface area contributed by atoms with Gasteiger partial charge in [-0.2, -0.15) is 0 Å². The quantitative estimate of drug-likeness (QED) is 0.816. The van der Waals surface area contributed by atoms with Gasteiger partial charge in [-0.1, -0.05) is 6.92 Å². The van der Waals surface area contributed by atoms with Crippen molar-refractivity contribution in [2.45, 2.75) is 45.8 Å². The summed E-state index contributed by atoms with van der Waals surface area (Å²) in [6, 6.07) is 5.46. The SMILES string of the molecule is CO[C@@H]1CN(C)C(=O)c2cc(NC(C)=O)ccc2OC[C@H](C)N(CC2CC2)C[C@@H]1C. The Labute approximate surface area is 179 Å². The second-order valence-electron chi connectivity index (χ2n) is 8.89. The number of carbonyl (C=O) groups is 2. The lowest BCUT2D eigenvalue weighted by atomic mass is 10.0. The normalized spacial score (nSPS) is 26.2. The fourth-order valence-electron chi connectivity index (χ4n) is 4.02. The van der Waals surface area contributed by atoms with Gasteiger partial charge < -0.3 is 19.7 Å². The monoisotopic (exact) mass is 417 g/mol. The maximum atomic E-state index is 13.2. The Morgan fingerprint density at radius 2 is 2.00 bits per heavy atom. The zero-order chi connectivity index (χ0) is 21.8. The number of ether oxygens (including phenoxy) is 2. The van der Waals surface area contributed by atoms with Crippen LogP contribution in [0.15, 0.2) is 18.2 Å². The maximum Gasteiger partial charge on any atom is 0.257 e. The third-order valence-electron chi connectivity index (χ3n) is 6.08. The molecule has 3 atom stereocenters. The van der Waals surface area contributed by atoms with E-state index in [1.165, 1.54) is 19.8 Å². The van der Waals surface area contributed by atoms with Gasteiger partial charge in [0.2, 0.25) is 5.91 Å². The van der Waals surface area contributed by atoms with E-state index in [4.69, 9.17) is 9.47 Å². The number of hydrogen-bond acceptors (Lipinski definition) is 5. The fraction of sp³-hybridized carbons (Fsp3) is 0.652. The maximum absolute atomic E-state index is 13.2. The lowest BCUT2D eigenvalue weighted by Gasteiger charge is -2.36. The second-order valence-corrected chi connectivity index (χ2v) is 8.89. The van der Waals surface area contributed by atoms with Crippen molar-refractivity contribution >= 4 is 17.5 Å². The number of methoxy groups -OCH3 is 1. The third-order valence-corrected chi connectivity index (χ3v) is 6.08. The summed E-state index contributed by atoms with van der Waals surface area (Å²) in [4.78, 5) is 28.9. The Morgan fingerprint density at radius 1 is 1.27 bits per heavy atom. The summed E-state index contributed by atoms with van der Waals surface area (Å²) < 4.78 is 11.9. The molecule has 3 rings (SSSR count). The van der Waals surface area contributed by atoms with Crippen LogP contribution >= 0.6 is 0 Å². The van der Waals surface area contributed by atoms with Crippen molar-refractivity contribution in [1.29, 1.82) is 0 Å². The molecule has 0 radical (unpaired) electrons. The highest BCUT2D eigenvalue weighted by atomic mass is 16.5. The van der Waals surface area contributed by atoms with Gasteiger partial charge in [0.15, 0.2) is 0 Å². The lowest BCUT2D eigenvalue weighted by Crippen LogP contribution is -2.47. The van der Waals surface area contributed by atoms with Crippen LogP contribution in [0, 0.1) is 11.8 Å². The van der Waals surface area contributed by atoms with Crippen molar-refractivity contribution in [2.24, 2.45) is 11.8 Å². The molecule has 0 saturated heterocycles. The van der Waals surface area contributed by atoms with Crippen molar-refractivity contribution in [3.8, 4) is 5.75 Å². The van der Waals surface area contributed by atoms with E-state index >= 15 is 0 Å². The fourth-order valence-corrected chi connectivity index (χ4v) is 4.02. The van der Waals surface area contributed by atoms with Gasteiger partial charge in [-0.3, -0.25) is 14.5 Å². The van der Waals surface area contributed by atoms with E-state index in [1.807, 2.05) is 0 Å². The standard InChI is InChI=1S/C23H35N3O4/c1-15-11-26(12-18-6-7-18)16(2)14-30-21-9-8-19(24-17(3)27)10-20(21)23(28)25(4)13-22(15)29-5/h8-10,15-16,18,22H,6-7,11-14H2,1-5H3,(H,24,27)/t15-,16-,22+/m0/s1. The molecule has 1 fully saturated rings. The second kappa shape index (κ2) is 9.79. The number of nitrogens with one attached hydrogen (secondary N) is 1. The van der Waals surface area contributed by atoms with Crippen LogP contribution in [0.3, 0.4) is 0 Å². The summed E-state index contributed by atoms with van der Waals surface area (Å²) in [5.41, 5.74) is 1.03. The number of anilines is 1. The number of carbonyl (C=O) groups excluding carboxylic acids is 2. The first-order valence-electron chi connectivity index (χ1n) is 10.8. The van der Waals surface area contributed by atoms with Crippen molar-refractivity contribution in [3.63, 3.8) is 0 Å². The number of likely N-dealkylation sites (N-methyl/N-ethyl adjacent to an activating group) is 1.